The number of carbonyl (C=O) groups excluding carboxylic acids is 2. The second kappa shape index (κ2) is 10.6. The molecule has 1 atom stereocenters. The fraction of sp³-hybridized carbons (Fsp3) is 0.280. The maximum Gasteiger partial charge on any atom is 0.349 e. The van der Waals surface area contributed by atoms with E-state index in [0.29, 0.717) is 32.8 Å². The molecule has 4 rings (SSSR count). The second-order valence-corrected chi connectivity index (χ2v) is 9.54. The number of aromatic nitrogens is 3. The Labute approximate surface area is 223 Å². The summed E-state index contributed by atoms with van der Waals surface area (Å²) in [6, 6.07) is 8.47. The molecule has 0 bridgehead atoms. The minimum atomic E-state index is -1.39. The molecule has 198 valence electrons. The number of rotatable bonds is 6. The maximum atomic E-state index is 13.0. The first-order valence-corrected chi connectivity index (χ1v) is 12.2. The number of methoxy groups -OCH3 is 1. The highest BCUT2D eigenvalue weighted by atomic mass is 79.9. The van der Waals surface area contributed by atoms with Gasteiger partial charge in [-0.05, 0) is 71.2 Å². The summed E-state index contributed by atoms with van der Waals surface area (Å²) in [4.78, 5) is 64.5. The molecular formula is C25H23BrN4O8. The fourth-order valence-corrected chi connectivity index (χ4v) is 4.66. The number of ketones is 1. The van der Waals surface area contributed by atoms with Gasteiger partial charge in [-0.25, -0.2) is 4.79 Å². The van der Waals surface area contributed by atoms with E-state index in [1.807, 2.05) is 0 Å². The van der Waals surface area contributed by atoms with Crippen molar-refractivity contribution >= 4 is 33.6 Å². The molecule has 1 fully saturated rings. The number of hydrogen-bond donors (Lipinski definition) is 2. The molecule has 2 N–H and O–H groups in total. The number of likely N-dealkylation sites (tertiary alicyclic amines) is 1. The van der Waals surface area contributed by atoms with Gasteiger partial charge in [-0.15, -0.1) is 0 Å². The summed E-state index contributed by atoms with van der Waals surface area (Å²) in [5.74, 6) is -2.39. The molecule has 2 heterocycles. The zero-order valence-corrected chi connectivity index (χ0v) is 22.2. The number of carbonyl (C=O) groups is 3. The summed E-state index contributed by atoms with van der Waals surface area (Å²) >= 11 is 3.42. The van der Waals surface area contributed by atoms with Crippen LogP contribution in [0.2, 0.25) is 0 Å². The lowest BCUT2D eigenvalue weighted by Crippen LogP contribution is -2.49. The van der Waals surface area contributed by atoms with Gasteiger partial charge in [-0.3, -0.25) is 24.2 Å². The fourth-order valence-electron chi connectivity index (χ4n) is 4.14. The summed E-state index contributed by atoms with van der Waals surface area (Å²) in [7, 11) is 1.56. The lowest BCUT2D eigenvalue weighted by Gasteiger charge is -2.29. The van der Waals surface area contributed by atoms with Gasteiger partial charge in [0.1, 0.15) is 23.2 Å². The van der Waals surface area contributed by atoms with E-state index < -0.39 is 40.5 Å². The first kappa shape index (κ1) is 26.8. The molecular weight excluding hydrogens is 564 g/mol. The monoisotopic (exact) mass is 586 g/mol. The quantitative estimate of drug-likeness (QED) is 0.412. The predicted octanol–water partition coefficient (Wildman–Crippen LogP) is 2.22. The molecule has 1 aromatic heterocycles. The predicted molar refractivity (Wildman–Crippen MR) is 137 cm³/mol. The molecule has 1 unspecified atom stereocenters. The molecule has 13 heteroatoms. The molecule has 2 aromatic carbocycles. The Bertz CT molecular complexity index is 1560. The molecule has 0 radical (unpaired) electrons. The number of carboxylic acid groups (broad SMARTS) is 1. The zero-order valence-electron chi connectivity index (χ0n) is 20.6. The Balaban J connectivity index is 1.67. The van der Waals surface area contributed by atoms with Gasteiger partial charge in [0, 0.05) is 19.5 Å². The molecule has 1 saturated heterocycles. The Morgan fingerprint density at radius 3 is 2.42 bits per heavy atom. The number of ether oxygens (including phenoxy) is 2. The van der Waals surface area contributed by atoms with Crippen molar-refractivity contribution in [3.05, 3.63) is 72.5 Å². The third-order valence-corrected chi connectivity index (χ3v) is 6.69. The van der Waals surface area contributed by atoms with Crippen molar-refractivity contribution in [3.8, 4) is 22.9 Å². The molecule has 38 heavy (non-hydrogen) atoms. The van der Waals surface area contributed by atoms with Gasteiger partial charge in [0.05, 0.1) is 17.3 Å². The zero-order chi connectivity index (χ0) is 27.7. The summed E-state index contributed by atoms with van der Waals surface area (Å²) in [5.41, 5.74) is -0.899. The number of aromatic amines is 1. The van der Waals surface area contributed by atoms with Crippen LogP contribution in [0.25, 0.3) is 5.69 Å². The van der Waals surface area contributed by atoms with Gasteiger partial charge in [0.25, 0.3) is 11.5 Å². The number of aryl methyl sites for hydroxylation is 2. The smallest absolute Gasteiger partial charge is 0.349 e. The number of nitrogens with zero attached hydrogens (tertiary/aromatic N) is 3. The topological polar surface area (TPSA) is 161 Å². The third-order valence-electron chi connectivity index (χ3n) is 6.07. The van der Waals surface area contributed by atoms with E-state index >= 15 is 0 Å². The lowest BCUT2D eigenvalue weighted by molar-refractivity contribution is -0.148. The van der Waals surface area contributed by atoms with Crippen LogP contribution in [-0.4, -0.2) is 62.6 Å². The summed E-state index contributed by atoms with van der Waals surface area (Å²) < 4.78 is 12.9. The van der Waals surface area contributed by atoms with E-state index in [9.17, 15) is 29.1 Å². The molecule has 1 aliphatic heterocycles. The normalized spacial score (nSPS) is 15.3. The van der Waals surface area contributed by atoms with Crippen molar-refractivity contribution in [2.75, 3.05) is 20.2 Å². The highest BCUT2D eigenvalue weighted by Crippen LogP contribution is 2.34. The number of H-pyrrole nitrogens is 1. The number of carboxylic acids is 1. The number of benzene rings is 2. The summed E-state index contributed by atoms with van der Waals surface area (Å²) in [6.07, 6.45) is -0.162. The first-order chi connectivity index (χ1) is 18.0. The number of aliphatic carboxylic acids is 1. The number of nitrogens with one attached hydrogen (secondary N) is 1. The van der Waals surface area contributed by atoms with E-state index in [2.05, 4.69) is 26.0 Å². The van der Waals surface area contributed by atoms with Gasteiger partial charge in [-0.1, -0.05) is 0 Å². The largest absolute Gasteiger partial charge is 0.496 e. The Hall–Kier alpha value is -4.26. The van der Waals surface area contributed by atoms with E-state index in [1.165, 1.54) is 0 Å². The van der Waals surface area contributed by atoms with Crippen LogP contribution < -0.4 is 20.7 Å². The molecule has 1 aliphatic rings. The van der Waals surface area contributed by atoms with Crippen LogP contribution in [0, 0.1) is 19.8 Å². The van der Waals surface area contributed by atoms with E-state index in [-0.39, 0.29) is 25.2 Å². The molecule has 12 nitrogen and oxygen atoms in total. The number of hydrogen-bond acceptors (Lipinski definition) is 8. The van der Waals surface area contributed by atoms with Crippen molar-refractivity contribution in [3.63, 3.8) is 0 Å². The van der Waals surface area contributed by atoms with Crippen LogP contribution >= 0.6 is 15.9 Å². The summed E-state index contributed by atoms with van der Waals surface area (Å²) in [5, 5.41) is 13.3. The minimum Gasteiger partial charge on any atom is -0.496 e. The van der Waals surface area contributed by atoms with Crippen LogP contribution in [0.1, 0.15) is 28.0 Å². The van der Waals surface area contributed by atoms with E-state index in [4.69, 9.17) is 9.47 Å². The third kappa shape index (κ3) is 5.23. The minimum absolute atomic E-state index is 0.0621. The molecule has 0 aliphatic carbocycles. The average molecular weight is 587 g/mol. The number of amides is 1. The number of piperidine rings is 1. The van der Waals surface area contributed by atoms with Gasteiger partial charge in [0.2, 0.25) is 5.69 Å². The second-order valence-electron chi connectivity index (χ2n) is 8.69. The van der Waals surface area contributed by atoms with Crippen molar-refractivity contribution in [2.45, 2.75) is 20.3 Å². The van der Waals surface area contributed by atoms with Crippen LogP contribution in [-0.2, 0) is 9.59 Å². The maximum absolute atomic E-state index is 13.0. The van der Waals surface area contributed by atoms with Crippen LogP contribution in [0.3, 0.4) is 0 Å². The van der Waals surface area contributed by atoms with E-state index in [0.717, 1.165) is 9.58 Å². The van der Waals surface area contributed by atoms with Gasteiger partial charge < -0.3 is 19.5 Å². The van der Waals surface area contributed by atoms with Crippen molar-refractivity contribution in [1.29, 1.82) is 0 Å². The van der Waals surface area contributed by atoms with Crippen LogP contribution in [0.5, 0.6) is 17.2 Å². The summed E-state index contributed by atoms with van der Waals surface area (Å²) in [6.45, 7) is 3.08. The molecule has 3 aromatic rings. The first-order valence-electron chi connectivity index (χ1n) is 11.4. The number of Topliss-reactive ketones (excluding diaryl/α,β-unsaturated/α-hetero) is 1. The Morgan fingerprint density at radius 2 is 1.82 bits per heavy atom. The number of halogens is 1. The molecule has 0 spiro atoms. The highest BCUT2D eigenvalue weighted by Gasteiger charge is 2.36. The van der Waals surface area contributed by atoms with Crippen molar-refractivity contribution < 1.29 is 29.0 Å². The standard InChI is InChI=1S/C25H23BrN4O8/c1-12-8-14(9-13(2)21(12)38-15-4-5-19(37-3)17(26)10-15)30-25(36)27-22(32)20(28-30)23(33)29-7-6-18(31)16(11-29)24(34)35/h4-5,8-10,16H,6-7,11H2,1-3H3,(H,34,35)(H,27,32,36). The van der Waals surface area contributed by atoms with Crippen LogP contribution in [0.4, 0.5) is 0 Å². The average Bonchev–Trinajstić information content (AvgIpc) is 2.86. The van der Waals surface area contributed by atoms with Crippen molar-refractivity contribution in [2.24, 2.45) is 5.92 Å². The Morgan fingerprint density at radius 1 is 1.13 bits per heavy atom. The lowest BCUT2D eigenvalue weighted by atomic mass is 9.96. The molecule has 0 saturated carbocycles. The van der Waals surface area contributed by atoms with Crippen molar-refractivity contribution in [1.82, 2.24) is 19.7 Å². The van der Waals surface area contributed by atoms with Gasteiger partial charge >= 0.3 is 11.7 Å². The van der Waals surface area contributed by atoms with Gasteiger partial charge in [-0.2, -0.15) is 9.78 Å². The Kier molecular flexibility index (Phi) is 7.49. The van der Waals surface area contributed by atoms with E-state index in [1.54, 1.807) is 51.3 Å². The van der Waals surface area contributed by atoms with Gasteiger partial charge in [0.15, 0.2) is 5.78 Å². The molecule has 1 amide bonds. The highest BCUT2D eigenvalue weighted by molar-refractivity contribution is 9.10. The van der Waals surface area contributed by atoms with Crippen LogP contribution in [0.15, 0.2) is 44.4 Å². The SMILES string of the molecule is COc1ccc(Oc2c(C)cc(-n3nc(C(=O)N4CCC(=O)C(C(=O)O)C4)c(=O)[nH]c3=O)cc2C)cc1Br.